The number of rotatable bonds is 8. The van der Waals surface area contributed by atoms with Crippen LogP contribution in [0.25, 0.3) is 0 Å². The van der Waals surface area contributed by atoms with Crippen LogP contribution in [0, 0.1) is 10.1 Å². The number of nitrogens with one attached hydrogen (secondary N) is 1. The highest BCUT2D eigenvalue weighted by molar-refractivity contribution is 5.93. The molecule has 30 heavy (non-hydrogen) atoms. The van der Waals surface area contributed by atoms with Crippen LogP contribution in [0.2, 0.25) is 0 Å². The third kappa shape index (κ3) is 4.51. The van der Waals surface area contributed by atoms with E-state index >= 15 is 0 Å². The van der Waals surface area contributed by atoms with Gasteiger partial charge in [-0.15, -0.1) is 0 Å². The molecule has 0 saturated heterocycles. The number of nitrogens with zero attached hydrogens (tertiary/aromatic N) is 5. The van der Waals surface area contributed by atoms with Crippen molar-refractivity contribution in [1.29, 1.82) is 0 Å². The maximum Gasteiger partial charge on any atom is 0.338 e. The van der Waals surface area contributed by atoms with Crippen molar-refractivity contribution in [3.8, 4) is 0 Å². The van der Waals surface area contributed by atoms with Crippen molar-refractivity contribution >= 4 is 23.3 Å². The fourth-order valence-electron chi connectivity index (χ4n) is 2.97. The largest absolute Gasteiger partial charge is 0.465 e. The predicted octanol–water partition coefficient (Wildman–Crippen LogP) is 2.41. The standard InChI is InChI=1S/C19H20N6O5/c1-3-17(24-12-15(9-21-24)25(28)29)18(26)22-14-8-20-23(11-14)10-13-6-4-5-7-16(13)19(27)30-2/h4-9,11-12,17H,3,10H2,1-2H3,(H,22,26). The van der Waals surface area contributed by atoms with E-state index in [0.717, 1.165) is 11.8 Å². The zero-order chi connectivity index (χ0) is 21.7. The first-order chi connectivity index (χ1) is 14.4. The van der Waals surface area contributed by atoms with Crippen LogP contribution in [0.5, 0.6) is 0 Å². The van der Waals surface area contributed by atoms with Gasteiger partial charge in [-0.3, -0.25) is 24.3 Å². The van der Waals surface area contributed by atoms with Gasteiger partial charge in [0.15, 0.2) is 0 Å². The molecule has 1 atom stereocenters. The van der Waals surface area contributed by atoms with Crippen LogP contribution in [0.3, 0.4) is 0 Å². The molecule has 1 unspecified atom stereocenters. The first kappa shape index (κ1) is 20.7. The van der Waals surface area contributed by atoms with Gasteiger partial charge in [-0.25, -0.2) is 4.79 Å². The molecule has 0 radical (unpaired) electrons. The van der Waals surface area contributed by atoms with Gasteiger partial charge >= 0.3 is 11.7 Å². The second-order valence-electron chi connectivity index (χ2n) is 6.42. The van der Waals surface area contributed by atoms with Crippen LogP contribution < -0.4 is 5.32 Å². The first-order valence-corrected chi connectivity index (χ1v) is 9.11. The smallest absolute Gasteiger partial charge is 0.338 e. The molecular weight excluding hydrogens is 392 g/mol. The van der Waals surface area contributed by atoms with Gasteiger partial charge < -0.3 is 10.1 Å². The highest BCUT2D eigenvalue weighted by atomic mass is 16.6. The Morgan fingerprint density at radius 2 is 2.00 bits per heavy atom. The van der Waals surface area contributed by atoms with Crippen molar-refractivity contribution in [3.05, 3.63) is 70.3 Å². The fraction of sp³-hybridized carbons (Fsp3) is 0.263. The highest BCUT2D eigenvalue weighted by Gasteiger charge is 2.22. The minimum absolute atomic E-state index is 0.182. The summed E-state index contributed by atoms with van der Waals surface area (Å²) in [5.41, 5.74) is 1.43. The van der Waals surface area contributed by atoms with E-state index in [1.54, 1.807) is 36.0 Å². The summed E-state index contributed by atoms with van der Waals surface area (Å²) in [5, 5.41) is 21.7. The first-order valence-electron chi connectivity index (χ1n) is 9.11. The van der Waals surface area contributed by atoms with Crippen LogP contribution in [-0.4, -0.2) is 43.5 Å². The molecule has 1 aromatic carbocycles. The third-order valence-corrected chi connectivity index (χ3v) is 4.46. The lowest BCUT2D eigenvalue weighted by molar-refractivity contribution is -0.385. The van der Waals surface area contributed by atoms with Gasteiger partial charge in [0.1, 0.15) is 18.4 Å². The van der Waals surface area contributed by atoms with Gasteiger partial charge in [-0.1, -0.05) is 25.1 Å². The molecular formula is C19H20N6O5. The summed E-state index contributed by atoms with van der Waals surface area (Å²) in [6.07, 6.45) is 5.83. The minimum Gasteiger partial charge on any atom is -0.465 e. The van der Waals surface area contributed by atoms with E-state index in [2.05, 4.69) is 15.5 Å². The number of benzene rings is 1. The number of methoxy groups -OCH3 is 1. The molecule has 1 N–H and O–H groups in total. The number of carbonyl (C=O) groups excluding carboxylic acids is 2. The monoisotopic (exact) mass is 412 g/mol. The number of ether oxygens (including phenoxy) is 1. The highest BCUT2D eigenvalue weighted by Crippen LogP contribution is 2.19. The van der Waals surface area contributed by atoms with Crippen LogP contribution in [0.1, 0.15) is 35.3 Å². The molecule has 0 aliphatic rings. The maximum absolute atomic E-state index is 12.6. The zero-order valence-corrected chi connectivity index (χ0v) is 16.4. The van der Waals surface area contributed by atoms with Crippen molar-refractivity contribution in [2.24, 2.45) is 0 Å². The molecule has 2 aromatic heterocycles. The van der Waals surface area contributed by atoms with Gasteiger partial charge in [0.25, 0.3) is 0 Å². The lowest BCUT2D eigenvalue weighted by atomic mass is 10.1. The van der Waals surface area contributed by atoms with E-state index in [0.29, 0.717) is 24.2 Å². The SMILES string of the molecule is CCC(C(=O)Nc1cnn(Cc2ccccc2C(=O)OC)c1)n1cc([N+](=O)[O-])cn1. The molecule has 11 nitrogen and oxygen atoms in total. The van der Waals surface area contributed by atoms with Gasteiger partial charge in [0.2, 0.25) is 5.91 Å². The number of hydrogen-bond donors (Lipinski definition) is 1. The van der Waals surface area contributed by atoms with Crippen molar-refractivity contribution in [2.45, 2.75) is 25.9 Å². The Bertz CT molecular complexity index is 1070. The third-order valence-electron chi connectivity index (χ3n) is 4.46. The summed E-state index contributed by atoms with van der Waals surface area (Å²) in [7, 11) is 1.32. The van der Waals surface area contributed by atoms with Crippen LogP contribution in [0.4, 0.5) is 11.4 Å². The average Bonchev–Trinajstić information content (AvgIpc) is 3.38. The van der Waals surface area contributed by atoms with E-state index < -0.39 is 16.9 Å². The Morgan fingerprint density at radius 3 is 2.67 bits per heavy atom. The number of anilines is 1. The van der Waals surface area contributed by atoms with E-state index in [-0.39, 0.29) is 11.6 Å². The predicted molar refractivity (Wildman–Crippen MR) is 106 cm³/mol. The molecule has 0 fully saturated rings. The van der Waals surface area contributed by atoms with Crippen molar-refractivity contribution in [2.75, 3.05) is 12.4 Å². The summed E-state index contributed by atoms with van der Waals surface area (Å²) in [6.45, 7) is 2.09. The van der Waals surface area contributed by atoms with Crippen molar-refractivity contribution < 1.29 is 19.2 Å². The number of amides is 1. The van der Waals surface area contributed by atoms with Crippen molar-refractivity contribution in [3.63, 3.8) is 0 Å². The summed E-state index contributed by atoms with van der Waals surface area (Å²) in [5.74, 6) is -0.810. The summed E-state index contributed by atoms with van der Waals surface area (Å²) >= 11 is 0. The Kier molecular flexibility index (Phi) is 6.20. The normalized spacial score (nSPS) is 11.7. The molecule has 1 amide bonds. The van der Waals surface area contributed by atoms with E-state index in [4.69, 9.17) is 4.74 Å². The Labute approximate surface area is 171 Å². The fourth-order valence-corrected chi connectivity index (χ4v) is 2.97. The average molecular weight is 412 g/mol. The molecule has 156 valence electrons. The number of carbonyl (C=O) groups is 2. The second-order valence-corrected chi connectivity index (χ2v) is 6.42. The maximum atomic E-state index is 12.6. The molecule has 0 bridgehead atoms. The lowest BCUT2D eigenvalue weighted by Crippen LogP contribution is -2.25. The number of nitro groups is 1. The van der Waals surface area contributed by atoms with Gasteiger partial charge in [0, 0.05) is 6.20 Å². The number of esters is 1. The van der Waals surface area contributed by atoms with Gasteiger partial charge in [0.05, 0.1) is 36.0 Å². The molecule has 3 aromatic rings. The Morgan fingerprint density at radius 1 is 1.23 bits per heavy atom. The van der Waals surface area contributed by atoms with Crippen LogP contribution in [-0.2, 0) is 16.1 Å². The Hall–Kier alpha value is -4.02. The zero-order valence-electron chi connectivity index (χ0n) is 16.4. The van der Waals surface area contributed by atoms with E-state index in [1.807, 2.05) is 6.07 Å². The second kappa shape index (κ2) is 8.99. The Balaban J connectivity index is 1.71. The van der Waals surface area contributed by atoms with E-state index in [1.165, 1.54) is 24.2 Å². The molecule has 2 heterocycles. The van der Waals surface area contributed by atoms with Crippen LogP contribution >= 0.6 is 0 Å². The molecule has 0 aliphatic carbocycles. The topological polar surface area (TPSA) is 134 Å². The number of hydrogen-bond acceptors (Lipinski definition) is 7. The summed E-state index contributed by atoms with van der Waals surface area (Å²) < 4.78 is 7.64. The molecule has 0 saturated carbocycles. The van der Waals surface area contributed by atoms with Gasteiger partial charge in [-0.2, -0.15) is 10.2 Å². The quantitative estimate of drug-likeness (QED) is 0.341. The van der Waals surface area contributed by atoms with Crippen molar-refractivity contribution in [1.82, 2.24) is 19.6 Å². The minimum atomic E-state index is -0.706. The summed E-state index contributed by atoms with van der Waals surface area (Å²) in [4.78, 5) is 34.8. The molecule has 3 rings (SSSR count). The molecule has 11 heteroatoms. The van der Waals surface area contributed by atoms with Crippen LogP contribution in [0.15, 0.2) is 49.1 Å². The summed E-state index contributed by atoms with van der Waals surface area (Å²) in [6, 6.07) is 6.31. The molecule has 0 aliphatic heterocycles. The van der Waals surface area contributed by atoms with Gasteiger partial charge in [-0.05, 0) is 18.1 Å². The lowest BCUT2D eigenvalue weighted by Gasteiger charge is -2.14. The number of aromatic nitrogens is 4. The molecule has 0 spiro atoms. The van der Waals surface area contributed by atoms with E-state index in [9.17, 15) is 19.7 Å².